The molecule has 0 aliphatic heterocycles. The Bertz CT molecular complexity index is 549. The molecule has 6 nitrogen and oxygen atoms in total. The minimum atomic E-state index is -0.369. The van der Waals surface area contributed by atoms with Gasteiger partial charge in [0.1, 0.15) is 18.4 Å². The first-order chi connectivity index (χ1) is 8.58. The monoisotopic (exact) mass is 373 g/mol. The van der Waals surface area contributed by atoms with Crippen LogP contribution in [-0.4, -0.2) is 18.9 Å². The molecule has 2 aromatic rings. The van der Waals surface area contributed by atoms with Crippen LogP contribution in [0.25, 0.3) is 11.4 Å². The van der Waals surface area contributed by atoms with Crippen molar-refractivity contribution in [3.05, 3.63) is 24.8 Å². The molecule has 0 bridgehead atoms. The molecule has 0 aliphatic rings. The van der Waals surface area contributed by atoms with Gasteiger partial charge in [-0.2, -0.15) is 0 Å². The van der Waals surface area contributed by atoms with Gasteiger partial charge in [-0.25, -0.2) is 15.0 Å². The molecule has 0 fully saturated rings. The van der Waals surface area contributed by atoms with Gasteiger partial charge in [-0.1, -0.05) is 0 Å². The lowest BCUT2D eigenvalue weighted by molar-refractivity contribution is 0.378. The number of nitrogens with zero attached hydrogens (tertiary/aromatic N) is 3. The maximum Gasteiger partial charge on any atom is 0.207 e. The van der Waals surface area contributed by atoms with E-state index in [1.54, 1.807) is 12.1 Å². The van der Waals surface area contributed by atoms with Gasteiger partial charge in [-0.05, 0) is 37.9 Å². The fourth-order valence-electron chi connectivity index (χ4n) is 1.46. The summed E-state index contributed by atoms with van der Waals surface area (Å²) in [6.07, 6.45) is 2.78. The van der Waals surface area contributed by atoms with Crippen LogP contribution in [0, 0.1) is 0 Å². The zero-order chi connectivity index (χ0) is 13.1. The number of alkyl halides is 2. The fourth-order valence-corrected chi connectivity index (χ4v) is 1.86. The highest BCUT2D eigenvalue weighted by Crippen LogP contribution is 2.36. The zero-order valence-electron chi connectivity index (χ0n) is 9.05. The van der Waals surface area contributed by atoms with Crippen molar-refractivity contribution >= 4 is 43.2 Å². The van der Waals surface area contributed by atoms with E-state index in [1.165, 1.54) is 12.7 Å². The van der Waals surface area contributed by atoms with Crippen molar-refractivity contribution in [2.75, 3.05) is 11.5 Å². The molecule has 8 heteroatoms. The third-order valence-corrected chi connectivity index (χ3v) is 2.46. The van der Waals surface area contributed by atoms with Crippen LogP contribution in [0.2, 0.25) is 0 Å². The third kappa shape index (κ3) is 2.88. The number of rotatable bonds is 3. The maximum absolute atomic E-state index is 5.94. The average Bonchev–Trinajstić information content (AvgIpc) is 2.28. The Labute approximate surface area is 120 Å². The highest BCUT2D eigenvalue weighted by molar-refractivity contribution is 9.24. The van der Waals surface area contributed by atoms with Crippen molar-refractivity contribution in [1.29, 1.82) is 0 Å². The Kier molecular flexibility index (Phi) is 3.97. The van der Waals surface area contributed by atoms with Gasteiger partial charge in [0, 0.05) is 17.4 Å². The molecule has 1 aromatic heterocycles. The highest BCUT2D eigenvalue weighted by atomic mass is 79.9. The summed E-state index contributed by atoms with van der Waals surface area (Å²) in [5, 5.41) is 0. The summed E-state index contributed by atoms with van der Waals surface area (Å²) in [6.45, 7) is 0. The van der Waals surface area contributed by atoms with E-state index in [-0.39, 0.29) is 3.92 Å². The molecular formula is C10H9Br2N5O. The van der Waals surface area contributed by atoms with Gasteiger partial charge >= 0.3 is 0 Å². The largest absolute Gasteiger partial charge is 0.468 e. The number of nitrogen functional groups attached to an aromatic ring is 2. The SMILES string of the molecule is Nc1cc(N)c(-c2ncncn2)c(OC(Br)Br)c1. The Morgan fingerprint density at radius 3 is 2.39 bits per heavy atom. The number of hydrogen-bond donors (Lipinski definition) is 2. The summed E-state index contributed by atoms with van der Waals surface area (Å²) in [5.41, 5.74) is 13.2. The number of ether oxygens (including phenoxy) is 1. The molecule has 2 rings (SSSR count). The first-order valence-corrected chi connectivity index (χ1v) is 6.67. The van der Waals surface area contributed by atoms with Crippen LogP contribution in [0.3, 0.4) is 0 Å². The molecule has 0 radical (unpaired) electrons. The molecule has 1 aromatic carbocycles. The number of halogens is 2. The van der Waals surface area contributed by atoms with Gasteiger partial charge in [0.15, 0.2) is 5.82 Å². The average molecular weight is 375 g/mol. The molecule has 0 spiro atoms. The lowest BCUT2D eigenvalue weighted by Gasteiger charge is -2.14. The standard InChI is InChI=1S/C10H9Br2N5O/c11-10(12)18-7-2-5(13)1-6(14)8(7)9-16-3-15-4-17-9/h1-4,10H,13-14H2. The number of nitrogens with two attached hydrogens (primary N) is 2. The van der Waals surface area contributed by atoms with E-state index in [0.29, 0.717) is 28.5 Å². The third-order valence-electron chi connectivity index (χ3n) is 2.09. The highest BCUT2D eigenvalue weighted by Gasteiger charge is 2.16. The quantitative estimate of drug-likeness (QED) is 0.630. The molecule has 0 saturated carbocycles. The van der Waals surface area contributed by atoms with Gasteiger partial charge in [0.2, 0.25) is 3.92 Å². The maximum atomic E-state index is 5.94. The summed E-state index contributed by atoms with van der Waals surface area (Å²) < 4.78 is 5.17. The first-order valence-electron chi connectivity index (χ1n) is 4.84. The van der Waals surface area contributed by atoms with Gasteiger partial charge in [0.25, 0.3) is 0 Å². The molecule has 94 valence electrons. The van der Waals surface area contributed by atoms with Crippen molar-refractivity contribution in [2.24, 2.45) is 0 Å². The van der Waals surface area contributed by atoms with E-state index in [4.69, 9.17) is 16.2 Å². The van der Waals surface area contributed by atoms with Crippen molar-refractivity contribution in [1.82, 2.24) is 15.0 Å². The summed E-state index contributed by atoms with van der Waals surface area (Å²) >= 11 is 6.45. The van der Waals surface area contributed by atoms with Crippen molar-refractivity contribution < 1.29 is 4.74 Å². The van der Waals surface area contributed by atoms with Crippen molar-refractivity contribution in [2.45, 2.75) is 3.92 Å². The van der Waals surface area contributed by atoms with E-state index in [0.717, 1.165) is 0 Å². The topological polar surface area (TPSA) is 99.9 Å². The zero-order valence-corrected chi connectivity index (χ0v) is 12.2. The van der Waals surface area contributed by atoms with Crippen LogP contribution in [0.1, 0.15) is 0 Å². The van der Waals surface area contributed by atoms with Crippen LogP contribution in [0.15, 0.2) is 24.8 Å². The number of benzene rings is 1. The van der Waals surface area contributed by atoms with E-state index < -0.39 is 0 Å². The number of anilines is 2. The van der Waals surface area contributed by atoms with Crippen LogP contribution in [0.5, 0.6) is 5.75 Å². The molecule has 0 aliphatic carbocycles. The summed E-state index contributed by atoms with van der Waals surface area (Å²) in [7, 11) is 0. The predicted octanol–water partition coefficient (Wildman–Crippen LogP) is 2.16. The minimum absolute atomic E-state index is 0.369. The van der Waals surface area contributed by atoms with Crippen LogP contribution in [0.4, 0.5) is 11.4 Å². The van der Waals surface area contributed by atoms with E-state index in [9.17, 15) is 0 Å². The van der Waals surface area contributed by atoms with Gasteiger partial charge in [-0.3, -0.25) is 0 Å². The van der Waals surface area contributed by atoms with Crippen LogP contribution in [-0.2, 0) is 0 Å². The Morgan fingerprint density at radius 1 is 1.11 bits per heavy atom. The smallest absolute Gasteiger partial charge is 0.207 e. The Morgan fingerprint density at radius 2 is 1.78 bits per heavy atom. The molecular weight excluding hydrogens is 366 g/mol. The van der Waals surface area contributed by atoms with E-state index in [2.05, 4.69) is 46.8 Å². The van der Waals surface area contributed by atoms with Crippen LogP contribution < -0.4 is 16.2 Å². The molecule has 18 heavy (non-hydrogen) atoms. The summed E-state index contributed by atoms with van der Waals surface area (Å²) in [5.74, 6) is 0.913. The second-order valence-corrected chi connectivity index (χ2v) is 6.22. The Balaban J connectivity index is 2.57. The molecule has 0 atom stereocenters. The fraction of sp³-hybridized carbons (Fsp3) is 0.100. The van der Waals surface area contributed by atoms with E-state index in [1.807, 2.05) is 0 Å². The van der Waals surface area contributed by atoms with E-state index >= 15 is 0 Å². The molecule has 0 unspecified atom stereocenters. The molecule has 4 N–H and O–H groups in total. The van der Waals surface area contributed by atoms with Crippen LogP contribution >= 0.6 is 31.9 Å². The van der Waals surface area contributed by atoms with Gasteiger partial charge < -0.3 is 16.2 Å². The first kappa shape index (κ1) is 13.0. The lowest BCUT2D eigenvalue weighted by atomic mass is 10.1. The van der Waals surface area contributed by atoms with Crippen molar-refractivity contribution in [3.8, 4) is 17.1 Å². The normalized spacial score (nSPS) is 10.6. The van der Waals surface area contributed by atoms with Crippen molar-refractivity contribution in [3.63, 3.8) is 0 Å². The molecule has 1 heterocycles. The lowest BCUT2D eigenvalue weighted by Crippen LogP contribution is -2.04. The molecule has 0 amide bonds. The van der Waals surface area contributed by atoms with Gasteiger partial charge in [-0.15, -0.1) is 0 Å². The minimum Gasteiger partial charge on any atom is -0.468 e. The number of aromatic nitrogens is 3. The van der Waals surface area contributed by atoms with Gasteiger partial charge in [0.05, 0.1) is 5.56 Å². The number of hydrogen-bond acceptors (Lipinski definition) is 6. The predicted molar refractivity (Wildman–Crippen MR) is 76.4 cm³/mol. The summed E-state index contributed by atoms with van der Waals surface area (Å²) in [6, 6.07) is 3.29. The Hall–Kier alpha value is -1.41. The second-order valence-electron chi connectivity index (χ2n) is 3.32. The summed E-state index contributed by atoms with van der Waals surface area (Å²) in [4.78, 5) is 11.9. The second kappa shape index (κ2) is 5.49. The molecule has 0 saturated heterocycles.